The highest BCUT2D eigenvalue weighted by atomic mass is 19.3. The maximum atomic E-state index is 13.2. The lowest BCUT2D eigenvalue weighted by Crippen LogP contribution is -2.37. The Morgan fingerprint density at radius 3 is 1.52 bits per heavy atom. The highest BCUT2D eigenvalue weighted by Gasteiger charge is 2.32. The first-order valence-corrected chi connectivity index (χ1v) is 21.3. The van der Waals surface area contributed by atoms with Crippen LogP contribution in [0.15, 0.2) is 73.3 Å². The van der Waals surface area contributed by atoms with E-state index in [9.17, 15) is 27.2 Å². The number of benzene rings is 2. The Labute approximate surface area is 361 Å². The van der Waals surface area contributed by atoms with Gasteiger partial charge in [0.15, 0.2) is 11.6 Å². The molecule has 12 nitrogen and oxygen atoms in total. The topological polar surface area (TPSA) is 121 Å². The summed E-state index contributed by atoms with van der Waals surface area (Å²) in [5.41, 5.74) is 6.60. The van der Waals surface area contributed by atoms with Crippen LogP contribution in [0.5, 0.6) is 23.0 Å². The first-order valence-electron chi connectivity index (χ1n) is 21.3. The van der Waals surface area contributed by atoms with E-state index in [2.05, 4.69) is 33.3 Å². The Kier molecular flexibility index (Phi) is 11.8. The van der Waals surface area contributed by atoms with Crippen LogP contribution in [0.1, 0.15) is 95.3 Å². The Morgan fingerprint density at radius 2 is 1.14 bits per heavy atom. The quantitative estimate of drug-likeness (QED) is 0.0744. The monoisotopic (exact) mass is 868 g/mol. The molecule has 2 aromatic carbocycles. The zero-order valence-corrected chi connectivity index (χ0v) is 35.2. The van der Waals surface area contributed by atoms with E-state index in [0.717, 1.165) is 68.5 Å². The van der Waals surface area contributed by atoms with Gasteiger partial charge in [0.1, 0.15) is 45.4 Å². The Hall–Kier alpha value is -6.00. The molecule has 10 rings (SSSR count). The summed E-state index contributed by atoms with van der Waals surface area (Å²) in [6.07, 6.45) is 14.0. The molecule has 0 spiro atoms. The van der Waals surface area contributed by atoms with E-state index in [4.69, 9.17) is 18.9 Å². The SMILES string of the molecule is COc1cc(-c2cnc3cc(C4CCN4)ccn23)cc(OC(F)F)c1C(=O)CC1CC1.COc1cc(-c2cnc3cc(C4CCN4C)ccn23)cc(OC(F)F)c1C(=O)CC1CC1. The lowest BCUT2D eigenvalue weighted by Gasteiger charge is -2.38. The summed E-state index contributed by atoms with van der Waals surface area (Å²) in [6.45, 7) is -4.01. The summed E-state index contributed by atoms with van der Waals surface area (Å²) in [7, 11) is 4.94. The van der Waals surface area contributed by atoms with E-state index in [-0.39, 0.29) is 45.7 Å². The number of Topliss-reactive ketones (excluding diaryl/α,β-unsaturated/α-hetero) is 2. The number of likely N-dealkylation sites (tertiary alicyclic amines) is 1. The molecule has 4 aromatic heterocycles. The number of carbonyl (C=O) groups is 2. The van der Waals surface area contributed by atoms with Crippen LogP contribution < -0.4 is 24.3 Å². The molecule has 2 atom stereocenters. The highest BCUT2D eigenvalue weighted by molar-refractivity contribution is 6.03. The van der Waals surface area contributed by atoms with Crippen LogP contribution in [-0.2, 0) is 0 Å². The first-order chi connectivity index (χ1) is 30.5. The van der Waals surface area contributed by atoms with Crippen LogP contribution in [0.3, 0.4) is 0 Å². The molecule has 2 unspecified atom stereocenters. The number of alkyl halides is 4. The number of nitrogens with one attached hydrogen (secondary N) is 1. The molecular formula is C47H48F4N6O6. The van der Waals surface area contributed by atoms with Gasteiger partial charge in [0.25, 0.3) is 0 Å². The molecule has 0 radical (unpaired) electrons. The number of carbonyl (C=O) groups excluding carboxylic acids is 2. The van der Waals surface area contributed by atoms with E-state index in [1.165, 1.54) is 31.9 Å². The molecule has 0 amide bonds. The smallest absolute Gasteiger partial charge is 0.387 e. The molecule has 63 heavy (non-hydrogen) atoms. The van der Waals surface area contributed by atoms with Gasteiger partial charge in [0.2, 0.25) is 0 Å². The Morgan fingerprint density at radius 1 is 0.683 bits per heavy atom. The lowest BCUT2D eigenvalue weighted by atomic mass is 9.96. The molecule has 2 aliphatic heterocycles. The van der Waals surface area contributed by atoms with Crippen molar-refractivity contribution in [1.82, 2.24) is 29.0 Å². The van der Waals surface area contributed by atoms with Gasteiger partial charge in [-0.05, 0) is 124 Å². The molecule has 2 saturated heterocycles. The van der Waals surface area contributed by atoms with E-state index < -0.39 is 13.2 Å². The van der Waals surface area contributed by atoms with Crippen molar-refractivity contribution in [1.29, 1.82) is 0 Å². The summed E-state index contributed by atoms with van der Waals surface area (Å²) in [5, 5.41) is 3.37. The standard InChI is InChI=1S/C24H25F2N3O3.C23H23F2N3O3/c1-28-7-6-17(28)15-5-8-29-18(13-27-22(29)12-15)16-10-20(31-2)23(19(30)9-14-3-4-14)21(11-16)32-24(25)26;1-30-19-9-15(10-20(31-23(24)25)22(19)18(29)8-13-2-3-13)17-12-27-21-11-14(5-7-28(17)21)16-4-6-26-16/h5,8,10-14,17,24H,3-4,6-7,9H2,1-2H3;5,7,9-13,16,23,26H,2-4,6,8H2,1H3. The van der Waals surface area contributed by atoms with Crippen LogP contribution in [0.2, 0.25) is 0 Å². The van der Waals surface area contributed by atoms with Crippen LogP contribution in [0.4, 0.5) is 17.6 Å². The van der Waals surface area contributed by atoms with Gasteiger partial charge in [-0.1, -0.05) is 0 Å². The molecule has 6 heterocycles. The maximum Gasteiger partial charge on any atom is 0.387 e. The second-order valence-corrected chi connectivity index (χ2v) is 16.7. The van der Waals surface area contributed by atoms with Crippen molar-refractivity contribution < 1.29 is 46.1 Å². The molecule has 330 valence electrons. The Bertz CT molecular complexity index is 2670. The minimum Gasteiger partial charge on any atom is -0.496 e. The van der Waals surface area contributed by atoms with Crippen LogP contribution >= 0.6 is 0 Å². The number of ether oxygens (including phenoxy) is 4. The zero-order chi connectivity index (χ0) is 43.9. The molecule has 4 aliphatic rings. The van der Waals surface area contributed by atoms with Gasteiger partial charge in [-0.3, -0.25) is 23.3 Å². The summed E-state index contributed by atoms with van der Waals surface area (Å²) < 4.78 is 76.9. The third-order valence-electron chi connectivity index (χ3n) is 12.5. The van der Waals surface area contributed by atoms with Crippen molar-refractivity contribution in [2.24, 2.45) is 11.8 Å². The van der Waals surface area contributed by atoms with Gasteiger partial charge in [0, 0.05) is 55.0 Å². The second kappa shape index (κ2) is 17.6. The largest absolute Gasteiger partial charge is 0.496 e. The van der Waals surface area contributed by atoms with Gasteiger partial charge < -0.3 is 24.3 Å². The number of nitrogens with zero attached hydrogens (tertiary/aromatic N) is 5. The molecule has 4 fully saturated rings. The molecule has 2 saturated carbocycles. The molecule has 0 bridgehead atoms. The molecule has 16 heteroatoms. The predicted molar refractivity (Wildman–Crippen MR) is 226 cm³/mol. The number of rotatable bonds is 16. The van der Waals surface area contributed by atoms with Crippen molar-refractivity contribution in [3.8, 4) is 45.5 Å². The predicted octanol–water partition coefficient (Wildman–Crippen LogP) is 9.60. The van der Waals surface area contributed by atoms with Gasteiger partial charge in [-0.2, -0.15) is 17.6 Å². The minimum absolute atomic E-state index is 0.0746. The minimum atomic E-state index is -3.05. The number of hydrogen-bond acceptors (Lipinski definition) is 10. The van der Waals surface area contributed by atoms with Gasteiger partial charge >= 0.3 is 13.2 Å². The molecule has 1 N–H and O–H groups in total. The summed E-state index contributed by atoms with van der Waals surface area (Å²) >= 11 is 0. The van der Waals surface area contributed by atoms with E-state index in [1.807, 2.05) is 39.4 Å². The average Bonchev–Trinajstić information content (AvgIpc) is 4.15. The number of pyridine rings is 2. The van der Waals surface area contributed by atoms with Gasteiger partial charge in [-0.25, -0.2) is 9.97 Å². The number of hydrogen-bond donors (Lipinski definition) is 1. The fourth-order valence-corrected chi connectivity index (χ4v) is 8.45. The van der Waals surface area contributed by atoms with E-state index >= 15 is 0 Å². The van der Waals surface area contributed by atoms with Crippen LogP contribution in [-0.4, -0.2) is 82.8 Å². The number of halogens is 4. The number of fused-ring (bicyclic) bond motifs is 2. The third kappa shape index (κ3) is 8.96. The molecular weight excluding hydrogens is 821 g/mol. The number of aromatic nitrogens is 4. The average molecular weight is 869 g/mol. The first kappa shape index (κ1) is 42.3. The lowest BCUT2D eigenvalue weighted by molar-refractivity contribution is -0.0509. The van der Waals surface area contributed by atoms with Crippen molar-refractivity contribution in [2.45, 2.75) is 76.7 Å². The summed E-state index contributed by atoms with van der Waals surface area (Å²) in [4.78, 5) is 36.9. The van der Waals surface area contributed by atoms with E-state index in [0.29, 0.717) is 59.3 Å². The van der Waals surface area contributed by atoms with Crippen molar-refractivity contribution >= 4 is 22.9 Å². The van der Waals surface area contributed by atoms with Crippen molar-refractivity contribution in [2.75, 3.05) is 34.4 Å². The Balaban J connectivity index is 0.000000160. The number of methoxy groups -OCH3 is 2. The maximum absolute atomic E-state index is 13.2. The molecule has 6 aromatic rings. The van der Waals surface area contributed by atoms with Gasteiger partial charge in [0.05, 0.1) is 38.0 Å². The third-order valence-corrected chi connectivity index (χ3v) is 12.5. The summed E-state index contributed by atoms with van der Waals surface area (Å²) in [5.74, 6) is 0.276. The van der Waals surface area contributed by atoms with Crippen molar-refractivity contribution in [3.63, 3.8) is 0 Å². The molecule has 2 aliphatic carbocycles. The fraction of sp³-hybridized carbons (Fsp3) is 0.404. The van der Waals surface area contributed by atoms with Crippen molar-refractivity contribution in [3.05, 3.63) is 95.6 Å². The van der Waals surface area contributed by atoms with Crippen LogP contribution in [0, 0.1) is 11.8 Å². The summed E-state index contributed by atoms with van der Waals surface area (Å²) in [6, 6.07) is 15.2. The zero-order valence-electron chi connectivity index (χ0n) is 35.2. The van der Waals surface area contributed by atoms with E-state index in [1.54, 1.807) is 24.5 Å². The van der Waals surface area contributed by atoms with Crippen LogP contribution in [0.25, 0.3) is 33.8 Å². The number of ketones is 2. The second-order valence-electron chi connectivity index (χ2n) is 16.7. The highest BCUT2D eigenvalue weighted by Crippen LogP contribution is 2.43. The fourth-order valence-electron chi connectivity index (χ4n) is 8.45. The van der Waals surface area contributed by atoms with Gasteiger partial charge in [-0.15, -0.1) is 0 Å². The normalized spacial score (nSPS) is 18.5. The number of imidazole rings is 2.